The van der Waals surface area contributed by atoms with E-state index >= 15 is 0 Å². The Labute approximate surface area is 148 Å². The number of rotatable bonds is 5. The molecule has 2 saturated carbocycles. The molecule has 1 N–H and O–H groups in total. The van der Waals surface area contributed by atoms with Crippen LogP contribution in [0.4, 0.5) is 0 Å². The molecule has 130 valence electrons. The number of hydrogen-bond acceptors (Lipinski definition) is 2. The van der Waals surface area contributed by atoms with E-state index in [9.17, 15) is 10.0 Å². The Bertz CT molecular complexity index is 762. The number of nitrogens with zero attached hydrogens (tertiary/aromatic N) is 1. The summed E-state index contributed by atoms with van der Waals surface area (Å²) < 4.78 is 0.777. The Kier molecular flexibility index (Phi) is 4.20. The first-order valence-electron chi connectivity index (χ1n) is 9.16. The number of benzene rings is 1. The minimum atomic E-state index is -0.285. The van der Waals surface area contributed by atoms with Gasteiger partial charge in [-0.05, 0) is 49.1 Å². The predicted molar refractivity (Wildman–Crippen MR) is 95.3 cm³/mol. The number of aromatic nitrogens is 1. The fourth-order valence-corrected chi connectivity index (χ4v) is 4.94. The van der Waals surface area contributed by atoms with Crippen molar-refractivity contribution in [2.45, 2.75) is 38.6 Å². The van der Waals surface area contributed by atoms with E-state index in [2.05, 4.69) is 17.4 Å². The van der Waals surface area contributed by atoms with E-state index < -0.39 is 0 Å². The second-order valence-electron chi connectivity index (χ2n) is 7.65. The first kappa shape index (κ1) is 16.1. The molecule has 2 aliphatic carbocycles. The summed E-state index contributed by atoms with van der Waals surface area (Å²) in [7, 11) is 0. The van der Waals surface area contributed by atoms with E-state index in [1.54, 1.807) is 6.07 Å². The average molecular weight is 336 g/mol. The van der Waals surface area contributed by atoms with Crippen LogP contribution in [0.25, 0.3) is 0 Å². The average Bonchev–Trinajstić information content (AvgIpc) is 3.22. The van der Waals surface area contributed by atoms with Gasteiger partial charge in [0.25, 0.3) is 0 Å². The van der Waals surface area contributed by atoms with Crippen LogP contribution < -0.4 is 10.0 Å². The summed E-state index contributed by atoms with van der Waals surface area (Å²) in [5.41, 5.74) is 1.79. The molecule has 3 atom stereocenters. The molecule has 1 aromatic carbocycles. The minimum Gasteiger partial charge on any atom is -0.619 e. The number of nitrogens with one attached hydrogen (secondary N) is 1. The van der Waals surface area contributed by atoms with Crippen molar-refractivity contribution in [3.8, 4) is 0 Å². The quantitative estimate of drug-likeness (QED) is 0.674. The Hall–Kier alpha value is -2.36. The normalized spacial score (nSPS) is 27.4. The Morgan fingerprint density at radius 1 is 1.16 bits per heavy atom. The predicted octanol–water partition coefficient (Wildman–Crippen LogP) is 2.99. The summed E-state index contributed by atoms with van der Waals surface area (Å²) in [6, 6.07) is 13.9. The summed E-state index contributed by atoms with van der Waals surface area (Å²) in [4.78, 5) is 13.2. The minimum absolute atomic E-state index is 0.157. The summed E-state index contributed by atoms with van der Waals surface area (Å²) in [6.07, 6.45) is 8.40. The Morgan fingerprint density at radius 2 is 1.96 bits per heavy atom. The lowest BCUT2D eigenvalue weighted by Crippen LogP contribution is -2.46. The molecule has 4 heteroatoms. The molecule has 0 aliphatic heterocycles. The number of carbonyl (C=O) groups excluding carboxylic acids is 1. The van der Waals surface area contributed by atoms with Crippen molar-refractivity contribution < 1.29 is 9.52 Å². The lowest BCUT2D eigenvalue weighted by molar-refractivity contribution is -0.605. The molecular weight excluding hydrogens is 312 g/mol. The van der Waals surface area contributed by atoms with Gasteiger partial charge in [0.05, 0.1) is 5.41 Å². The van der Waals surface area contributed by atoms with Crippen LogP contribution in [0.15, 0.2) is 54.9 Å². The van der Waals surface area contributed by atoms with Gasteiger partial charge in [0.15, 0.2) is 12.4 Å². The summed E-state index contributed by atoms with van der Waals surface area (Å²) >= 11 is 0. The van der Waals surface area contributed by atoms with Crippen LogP contribution in [-0.4, -0.2) is 5.91 Å². The molecule has 1 heterocycles. The molecule has 25 heavy (non-hydrogen) atoms. The topological polar surface area (TPSA) is 56.0 Å². The highest BCUT2D eigenvalue weighted by molar-refractivity contribution is 5.84. The smallest absolute Gasteiger partial charge is 0.227 e. The van der Waals surface area contributed by atoms with E-state index in [1.807, 2.05) is 24.3 Å². The van der Waals surface area contributed by atoms with Crippen molar-refractivity contribution in [3.63, 3.8) is 0 Å². The third kappa shape index (κ3) is 3.13. The molecule has 1 aromatic heterocycles. The fourth-order valence-electron chi connectivity index (χ4n) is 4.94. The van der Waals surface area contributed by atoms with Crippen molar-refractivity contribution in [2.75, 3.05) is 0 Å². The van der Waals surface area contributed by atoms with Gasteiger partial charge in [0.2, 0.25) is 5.91 Å². The van der Waals surface area contributed by atoms with Crippen LogP contribution in [0.5, 0.6) is 0 Å². The molecule has 3 unspecified atom stereocenters. The van der Waals surface area contributed by atoms with Crippen LogP contribution in [0.3, 0.4) is 0 Å². The van der Waals surface area contributed by atoms with Crippen molar-refractivity contribution in [1.29, 1.82) is 0 Å². The molecule has 4 rings (SSSR count). The van der Waals surface area contributed by atoms with Gasteiger partial charge in [0, 0.05) is 18.2 Å². The second kappa shape index (κ2) is 6.51. The van der Waals surface area contributed by atoms with Crippen molar-refractivity contribution in [3.05, 3.63) is 71.2 Å². The van der Waals surface area contributed by atoms with Gasteiger partial charge in [-0.3, -0.25) is 4.79 Å². The fraction of sp³-hybridized carbons (Fsp3) is 0.429. The molecule has 2 fully saturated rings. The lowest BCUT2D eigenvalue weighted by Gasteiger charge is -2.36. The van der Waals surface area contributed by atoms with E-state index in [0.717, 1.165) is 29.6 Å². The first-order chi connectivity index (χ1) is 12.2. The Morgan fingerprint density at radius 3 is 2.64 bits per heavy atom. The molecule has 2 aliphatic rings. The maximum atomic E-state index is 13.2. The largest absolute Gasteiger partial charge is 0.619 e. The van der Waals surface area contributed by atoms with Gasteiger partial charge in [-0.25, -0.2) is 0 Å². The molecule has 0 saturated heterocycles. The lowest BCUT2D eigenvalue weighted by atomic mass is 9.68. The maximum absolute atomic E-state index is 13.2. The highest BCUT2D eigenvalue weighted by atomic mass is 16.5. The molecule has 4 nitrogen and oxygen atoms in total. The van der Waals surface area contributed by atoms with Crippen LogP contribution in [0, 0.1) is 22.5 Å². The highest BCUT2D eigenvalue weighted by Crippen LogP contribution is 2.57. The number of amides is 1. The number of pyridine rings is 1. The molecular formula is C21H24N2O2. The zero-order valence-electron chi connectivity index (χ0n) is 14.4. The van der Waals surface area contributed by atoms with Crippen molar-refractivity contribution >= 4 is 5.91 Å². The zero-order valence-corrected chi connectivity index (χ0v) is 14.4. The molecule has 1 amide bonds. The van der Waals surface area contributed by atoms with E-state index in [1.165, 1.54) is 30.8 Å². The van der Waals surface area contributed by atoms with Gasteiger partial charge in [-0.15, -0.1) is 0 Å². The van der Waals surface area contributed by atoms with E-state index in [0.29, 0.717) is 18.4 Å². The number of hydrogen-bond donors (Lipinski definition) is 1. The monoisotopic (exact) mass is 336 g/mol. The third-order valence-corrected chi connectivity index (χ3v) is 6.08. The van der Waals surface area contributed by atoms with Crippen molar-refractivity contribution in [1.82, 2.24) is 5.32 Å². The van der Waals surface area contributed by atoms with Gasteiger partial charge >= 0.3 is 0 Å². The van der Waals surface area contributed by atoms with Gasteiger partial charge in [-0.2, -0.15) is 4.73 Å². The van der Waals surface area contributed by atoms with Crippen LogP contribution in [-0.2, 0) is 17.8 Å². The zero-order chi connectivity index (χ0) is 17.3. The van der Waals surface area contributed by atoms with Crippen LogP contribution in [0.2, 0.25) is 0 Å². The standard InChI is InChI=1S/C21H24N2O2/c24-20(22-14-18-7-4-10-23(25)15-18)21(12-16-5-2-1-3-6-16)13-17-8-9-19(21)11-17/h1-7,10,15,17,19H,8-9,11-14H2,(H,22,24). The number of carbonyl (C=O) groups is 1. The number of fused-ring (bicyclic) bond motifs is 2. The molecule has 2 aromatic rings. The first-order valence-corrected chi connectivity index (χ1v) is 9.16. The van der Waals surface area contributed by atoms with Gasteiger partial charge < -0.3 is 10.5 Å². The second-order valence-corrected chi connectivity index (χ2v) is 7.65. The van der Waals surface area contributed by atoms with Gasteiger partial charge in [-0.1, -0.05) is 36.8 Å². The molecule has 2 bridgehead atoms. The SMILES string of the molecule is O=C(NCc1ccc[n+]([O-])c1)C1(Cc2ccccc2)CC2CCC1C2. The summed E-state index contributed by atoms with van der Waals surface area (Å²) in [5.74, 6) is 1.34. The highest BCUT2D eigenvalue weighted by Gasteiger charge is 2.55. The van der Waals surface area contributed by atoms with E-state index in [4.69, 9.17) is 0 Å². The van der Waals surface area contributed by atoms with Crippen molar-refractivity contribution in [2.24, 2.45) is 17.3 Å². The summed E-state index contributed by atoms with van der Waals surface area (Å²) in [5, 5.41) is 14.5. The van der Waals surface area contributed by atoms with Gasteiger partial charge in [0.1, 0.15) is 0 Å². The molecule has 0 radical (unpaired) electrons. The Balaban J connectivity index is 1.53. The maximum Gasteiger partial charge on any atom is 0.227 e. The molecule has 0 spiro atoms. The third-order valence-electron chi connectivity index (χ3n) is 6.08. The van der Waals surface area contributed by atoms with E-state index in [-0.39, 0.29) is 11.3 Å². The summed E-state index contributed by atoms with van der Waals surface area (Å²) in [6.45, 7) is 0.413. The van der Waals surface area contributed by atoms with Crippen LogP contribution >= 0.6 is 0 Å². The van der Waals surface area contributed by atoms with Crippen LogP contribution in [0.1, 0.15) is 36.8 Å².